The number of morpholine rings is 1. The fraction of sp³-hybridized carbons (Fsp3) is 0.562. The second-order valence-electron chi connectivity index (χ2n) is 5.72. The number of hydrogen-bond acceptors (Lipinski definition) is 4. The van der Waals surface area contributed by atoms with Crippen molar-refractivity contribution in [1.82, 2.24) is 4.90 Å². The highest BCUT2D eigenvalue weighted by molar-refractivity contribution is 5.89. The first-order chi connectivity index (χ1) is 9.72. The van der Waals surface area contributed by atoms with E-state index < -0.39 is 0 Å². The third-order valence-electron chi connectivity index (χ3n) is 4.16. The molecule has 2 fully saturated rings. The van der Waals surface area contributed by atoms with Gasteiger partial charge in [0.1, 0.15) is 6.61 Å². The summed E-state index contributed by atoms with van der Waals surface area (Å²) in [6, 6.07) is 9.39. The summed E-state index contributed by atoms with van der Waals surface area (Å²) in [5.41, 5.74) is 0.613. The van der Waals surface area contributed by atoms with Crippen LogP contribution in [0.15, 0.2) is 30.3 Å². The van der Waals surface area contributed by atoms with Gasteiger partial charge in [0.2, 0.25) is 0 Å². The van der Waals surface area contributed by atoms with E-state index in [0.717, 1.165) is 25.9 Å². The summed E-state index contributed by atoms with van der Waals surface area (Å²) in [6.45, 7) is 4.47. The highest BCUT2D eigenvalue weighted by Gasteiger charge is 2.35. The molecule has 2 aliphatic heterocycles. The lowest BCUT2D eigenvalue weighted by Crippen LogP contribution is -2.48. The van der Waals surface area contributed by atoms with Crippen molar-refractivity contribution in [3.63, 3.8) is 0 Å². The van der Waals surface area contributed by atoms with Crippen LogP contribution in [0, 0.1) is 0 Å². The molecule has 1 aromatic rings. The van der Waals surface area contributed by atoms with Crippen LogP contribution >= 0.6 is 0 Å². The molecule has 4 heteroatoms. The van der Waals surface area contributed by atoms with Crippen LogP contribution in [0.2, 0.25) is 0 Å². The average Bonchev–Trinajstić information content (AvgIpc) is 2.83. The van der Waals surface area contributed by atoms with E-state index in [-0.39, 0.29) is 12.0 Å². The monoisotopic (exact) mass is 275 g/mol. The predicted octanol–water partition coefficient (Wildman–Crippen LogP) is 2.10. The number of ether oxygens (including phenoxy) is 2. The number of carbonyl (C=O) groups excluding carboxylic acids is 1. The molecule has 108 valence electrons. The zero-order chi connectivity index (χ0) is 13.9. The maximum absolute atomic E-state index is 11.9. The Morgan fingerprint density at radius 2 is 1.95 bits per heavy atom. The maximum Gasteiger partial charge on any atom is 0.338 e. The third-order valence-corrected chi connectivity index (χ3v) is 4.16. The van der Waals surface area contributed by atoms with Crippen LogP contribution in [0.4, 0.5) is 0 Å². The van der Waals surface area contributed by atoms with Gasteiger partial charge in [-0.3, -0.25) is 4.90 Å². The van der Waals surface area contributed by atoms with Crippen LogP contribution < -0.4 is 0 Å². The molecule has 3 atom stereocenters. The smallest absolute Gasteiger partial charge is 0.338 e. The average molecular weight is 275 g/mol. The minimum absolute atomic E-state index is 0.242. The van der Waals surface area contributed by atoms with Crippen LogP contribution in [-0.2, 0) is 9.47 Å². The van der Waals surface area contributed by atoms with Crippen LogP contribution in [0.25, 0.3) is 0 Å². The number of fused-ring (bicyclic) bond motifs is 2. The van der Waals surface area contributed by atoms with Crippen molar-refractivity contribution in [2.45, 2.75) is 38.0 Å². The molecule has 2 aliphatic rings. The number of nitrogens with zero attached hydrogens (tertiary/aromatic N) is 1. The topological polar surface area (TPSA) is 38.8 Å². The Morgan fingerprint density at radius 1 is 1.30 bits per heavy atom. The molecule has 0 spiro atoms. The summed E-state index contributed by atoms with van der Waals surface area (Å²) in [5.74, 6) is -0.242. The number of carbonyl (C=O) groups is 1. The molecule has 2 saturated heterocycles. The highest BCUT2D eigenvalue weighted by Crippen LogP contribution is 2.27. The van der Waals surface area contributed by atoms with Gasteiger partial charge in [-0.05, 0) is 31.9 Å². The second kappa shape index (κ2) is 5.94. The molecule has 1 aromatic carbocycles. The molecule has 20 heavy (non-hydrogen) atoms. The number of likely N-dealkylation sites (tertiary alicyclic amines) is 1. The van der Waals surface area contributed by atoms with E-state index in [4.69, 9.17) is 9.47 Å². The van der Waals surface area contributed by atoms with Gasteiger partial charge >= 0.3 is 5.97 Å². The SMILES string of the molecule is CC(COC(=O)c1ccccc1)N1CC2CCC(C1)O2. The van der Waals surface area contributed by atoms with Crippen molar-refractivity contribution in [2.24, 2.45) is 0 Å². The lowest BCUT2D eigenvalue weighted by atomic mass is 10.2. The van der Waals surface area contributed by atoms with E-state index in [1.54, 1.807) is 12.1 Å². The molecule has 0 amide bonds. The molecule has 0 saturated carbocycles. The van der Waals surface area contributed by atoms with Crippen LogP contribution in [0.3, 0.4) is 0 Å². The highest BCUT2D eigenvalue weighted by atomic mass is 16.5. The van der Waals surface area contributed by atoms with Crippen LogP contribution in [-0.4, -0.2) is 48.8 Å². The summed E-state index contributed by atoms with van der Waals surface area (Å²) < 4.78 is 11.2. The maximum atomic E-state index is 11.9. The molecule has 0 radical (unpaired) electrons. The number of benzene rings is 1. The van der Waals surface area contributed by atoms with Crippen molar-refractivity contribution < 1.29 is 14.3 Å². The van der Waals surface area contributed by atoms with Gasteiger partial charge < -0.3 is 9.47 Å². The molecule has 3 unspecified atom stereocenters. The largest absolute Gasteiger partial charge is 0.460 e. The Hall–Kier alpha value is -1.39. The van der Waals surface area contributed by atoms with Gasteiger partial charge in [0.15, 0.2) is 0 Å². The zero-order valence-electron chi connectivity index (χ0n) is 11.8. The summed E-state index contributed by atoms with van der Waals surface area (Å²) in [7, 11) is 0. The van der Waals surface area contributed by atoms with Gasteiger partial charge in [0.05, 0.1) is 17.8 Å². The number of rotatable bonds is 4. The minimum Gasteiger partial charge on any atom is -0.460 e. The van der Waals surface area contributed by atoms with E-state index >= 15 is 0 Å². The molecule has 0 N–H and O–H groups in total. The van der Waals surface area contributed by atoms with Crippen molar-refractivity contribution in [1.29, 1.82) is 0 Å². The molecule has 4 nitrogen and oxygen atoms in total. The van der Waals surface area contributed by atoms with Gasteiger partial charge in [0, 0.05) is 19.1 Å². The predicted molar refractivity (Wildman–Crippen MR) is 75.7 cm³/mol. The van der Waals surface area contributed by atoms with Crippen molar-refractivity contribution in [3.05, 3.63) is 35.9 Å². The molecule has 0 aromatic heterocycles. The summed E-state index contributed by atoms with van der Waals surface area (Å²) >= 11 is 0. The summed E-state index contributed by atoms with van der Waals surface area (Å²) in [6.07, 6.45) is 3.08. The Balaban J connectivity index is 1.50. The lowest BCUT2D eigenvalue weighted by Gasteiger charge is -2.36. The molecular weight excluding hydrogens is 254 g/mol. The Morgan fingerprint density at radius 3 is 2.60 bits per heavy atom. The normalized spacial score (nSPS) is 27.2. The van der Waals surface area contributed by atoms with Crippen LogP contribution in [0.1, 0.15) is 30.1 Å². The van der Waals surface area contributed by atoms with Gasteiger partial charge in [-0.15, -0.1) is 0 Å². The minimum atomic E-state index is -0.242. The van der Waals surface area contributed by atoms with Gasteiger partial charge in [-0.2, -0.15) is 0 Å². The van der Waals surface area contributed by atoms with E-state index in [1.165, 1.54) is 0 Å². The fourth-order valence-electron chi connectivity index (χ4n) is 2.97. The fourth-order valence-corrected chi connectivity index (χ4v) is 2.97. The standard InChI is InChI=1S/C16H21NO3/c1-12(17-9-14-7-8-15(10-17)20-14)11-19-16(18)13-5-3-2-4-6-13/h2-6,12,14-15H,7-11H2,1H3. The van der Waals surface area contributed by atoms with Crippen molar-refractivity contribution >= 4 is 5.97 Å². The Labute approximate surface area is 119 Å². The van der Waals surface area contributed by atoms with Crippen molar-refractivity contribution in [2.75, 3.05) is 19.7 Å². The Kier molecular flexibility index (Phi) is 4.03. The first kappa shape index (κ1) is 13.6. The van der Waals surface area contributed by atoms with Crippen LogP contribution in [0.5, 0.6) is 0 Å². The Bertz CT molecular complexity index is 450. The lowest BCUT2D eigenvalue weighted by molar-refractivity contribution is -0.0584. The van der Waals surface area contributed by atoms with Gasteiger partial charge in [0.25, 0.3) is 0 Å². The molecular formula is C16H21NO3. The molecule has 0 aliphatic carbocycles. The molecule has 2 bridgehead atoms. The quantitative estimate of drug-likeness (QED) is 0.789. The summed E-state index contributed by atoms with van der Waals surface area (Å²) in [5, 5.41) is 0. The second-order valence-corrected chi connectivity index (χ2v) is 5.72. The first-order valence-corrected chi connectivity index (χ1v) is 7.34. The van der Waals surface area contributed by atoms with E-state index in [2.05, 4.69) is 11.8 Å². The molecule has 2 heterocycles. The van der Waals surface area contributed by atoms with Crippen molar-refractivity contribution in [3.8, 4) is 0 Å². The van der Waals surface area contributed by atoms with Gasteiger partial charge in [-0.25, -0.2) is 4.79 Å². The summed E-state index contributed by atoms with van der Waals surface area (Å²) in [4.78, 5) is 14.3. The number of esters is 1. The van der Waals surface area contributed by atoms with Gasteiger partial charge in [-0.1, -0.05) is 18.2 Å². The van der Waals surface area contributed by atoms with E-state index in [9.17, 15) is 4.79 Å². The first-order valence-electron chi connectivity index (χ1n) is 7.34. The number of hydrogen-bond donors (Lipinski definition) is 0. The van der Waals surface area contributed by atoms with E-state index in [0.29, 0.717) is 24.4 Å². The zero-order valence-corrected chi connectivity index (χ0v) is 11.8. The third kappa shape index (κ3) is 3.02. The van der Waals surface area contributed by atoms with E-state index in [1.807, 2.05) is 18.2 Å². The molecule has 3 rings (SSSR count).